The van der Waals surface area contributed by atoms with Crippen molar-refractivity contribution in [1.29, 1.82) is 0 Å². The van der Waals surface area contributed by atoms with E-state index in [1.54, 1.807) is 0 Å². The third kappa shape index (κ3) is 2.98. The predicted molar refractivity (Wildman–Crippen MR) is 73.1 cm³/mol. The second-order valence-electron chi connectivity index (χ2n) is 3.35. The van der Waals surface area contributed by atoms with Gasteiger partial charge in [0.15, 0.2) is 0 Å². The third-order valence-electron chi connectivity index (χ3n) is 2.18. The molecule has 1 aromatic heterocycles. The third-order valence-corrected chi connectivity index (χ3v) is 5.20. The Kier molecular flexibility index (Phi) is 4.26. The number of halogens is 2. The largest absolute Gasteiger partial charge is 0.392 e. The molecule has 0 aliphatic heterocycles. The first-order valence-electron chi connectivity index (χ1n) is 4.82. The Labute approximate surface area is 123 Å². The Morgan fingerprint density at radius 3 is 2.68 bits per heavy atom. The first kappa shape index (κ1) is 14.5. The van der Waals surface area contributed by atoms with E-state index in [1.165, 1.54) is 17.6 Å². The van der Waals surface area contributed by atoms with Crippen molar-refractivity contribution in [2.45, 2.75) is 11.5 Å². The van der Waals surface area contributed by atoms with Crippen molar-refractivity contribution >= 4 is 49.7 Å². The van der Waals surface area contributed by atoms with Crippen molar-refractivity contribution in [2.24, 2.45) is 0 Å². The highest BCUT2D eigenvalue weighted by Crippen LogP contribution is 2.32. The van der Waals surface area contributed by atoms with Crippen LogP contribution in [-0.2, 0) is 16.6 Å². The van der Waals surface area contributed by atoms with E-state index >= 15 is 0 Å². The molecule has 0 aliphatic rings. The number of nitrogens with one attached hydrogen (secondary N) is 1. The molecule has 0 amide bonds. The lowest BCUT2D eigenvalue weighted by atomic mass is 10.2. The normalized spacial score (nSPS) is 11.5. The summed E-state index contributed by atoms with van der Waals surface area (Å²) in [6.07, 6.45) is 0. The fraction of sp³-hybridized carbons (Fsp3) is 0.111. The SMILES string of the molecule is O=S(=O)(Nc1nncs1)c1ccc(Cl)c(CO)c1Cl. The maximum Gasteiger partial charge on any atom is 0.265 e. The van der Waals surface area contributed by atoms with Gasteiger partial charge in [0.25, 0.3) is 10.0 Å². The summed E-state index contributed by atoms with van der Waals surface area (Å²) >= 11 is 12.8. The lowest BCUT2D eigenvalue weighted by Crippen LogP contribution is -2.14. The van der Waals surface area contributed by atoms with Crippen LogP contribution in [0.15, 0.2) is 22.5 Å². The summed E-state index contributed by atoms with van der Waals surface area (Å²) in [7, 11) is -3.91. The van der Waals surface area contributed by atoms with E-state index in [4.69, 9.17) is 28.3 Å². The zero-order valence-corrected chi connectivity index (χ0v) is 12.3. The lowest BCUT2D eigenvalue weighted by molar-refractivity contribution is 0.282. The number of nitrogens with zero attached hydrogens (tertiary/aromatic N) is 2. The standard InChI is InChI=1S/C9H7Cl2N3O3S2/c10-6-1-2-7(8(11)5(6)3-15)19(16,17)14-9-13-12-4-18-9/h1-2,4,15H,3H2,(H,13,14). The van der Waals surface area contributed by atoms with Crippen LogP contribution >= 0.6 is 34.5 Å². The van der Waals surface area contributed by atoms with Crippen molar-refractivity contribution in [1.82, 2.24) is 10.2 Å². The number of hydrogen-bond donors (Lipinski definition) is 2. The fourth-order valence-electron chi connectivity index (χ4n) is 1.32. The predicted octanol–water partition coefficient (Wildman–Crippen LogP) is 2.14. The van der Waals surface area contributed by atoms with Gasteiger partial charge >= 0.3 is 0 Å². The average molecular weight is 340 g/mol. The molecule has 0 saturated carbocycles. The number of anilines is 1. The van der Waals surface area contributed by atoms with E-state index in [0.717, 1.165) is 11.3 Å². The van der Waals surface area contributed by atoms with Gasteiger partial charge in [-0.1, -0.05) is 34.5 Å². The Morgan fingerprint density at radius 2 is 2.11 bits per heavy atom. The van der Waals surface area contributed by atoms with Gasteiger partial charge in [0.1, 0.15) is 10.4 Å². The zero-order chi connectivity index (χ0) is 14.0. The molecule has 0 radical (unpaired) electrons. The first-order valence-corrected chi connectivity index (χ1v) is 7.94. The number of benzene rings is 1. The van der Waals surface area contributed by atoms with Gasteiger partial charge in [0, 0.05) is 10.6 Å². The molecule has 102 valence electrons. The van der Waals surface area contributed by atoms with Crippen LogP contribution in [0.4, 0.5) is 5.13 Å². The van der Waals surface area contributed by atoms with Crippen molar-refractivity contribution in [3.8, 4) is 0 Å². The van der Waals surface area contributed by atoms with Crippen LogP contribution in [0.25, 0.3) is 0 Å². The highest BCUT2D eigenvalue weighted by Gasteiger charge is 2.22. The van der Waals surface area contributed by atoms with E-state index < -0.39 is 16.6 Å². The number of aromatic nitrogens is 2. The van der Waals surface area contributed by atoms with Crippen LogP contribution in [0.1, 0.15) is 5.56 Å². The molecule has 0 fully saturated rings. The van der Waals surface area contributed by atoms with Crippen LogP contribution in [0.5, 0.6) is 0 Å². The lowest BCUT2D eigenvalue weighted by Gasteiger charge is -2.10. The Bertz CT molecular complexity index is 689. The van der Waals surface area contributed by atoms with Gasteiger partial charge in [0.2, 0.25) is 5.13 Å². The molecule has 2 N–H and O–H groups in total. The van der Waals surface area contributed by atoms with Crippen molar-refractivity contribution in [2.75, 3.05) is 4.72 Å². The second kappa shape index (κ2) is 5.59. The van der Waals surface area contributed by atoms with E-state index in [0.29, 0.717) is 0 Å². The quantitative estimate of drug-likeness (QED) is 0.890. The van der Waals surface area contributed by atoms with Gasteiger partial charge in [-0.2, -0.15) is 0 Å². The number of sulfonamides is 1. The minimum absolute atomic E-state index is 0.119. The molecule has 1 heterocycles. The topological polar surface area (TPSA) is 92.2 Å². The van der Waals surface area contributed by atoms with Gasteiger partial charge in [-0.05, 0) is 12.1 Å². The van der Waals surface area contributed by atoms with Crippen molar-refractivity contribution < 1.29 is 13.5 Å². The monoisotopic (exact) mass is 339 g/mol. The Balaban J connectivity index is 2.47. The molecule has 10 heteroatoms. The van der Waals surface area contributed by atoms with Crippen molar-refractivity contribution in [3.05, 3.63) is 33.3 Å². The highest BCUT2D eigenvalue weighted by atomic mass is 35.5. The molecule has 2 rings (SSSR count). The molecule has 2 aromatic rings. The van der Waals surface area contributed by atoms with Gasteiger partial charge in [0.05, 0.1) is 11.6 Å². The van der Waals surface area contributed by atoms with Gasteiger partial charge in [-0.15, -0.1) is 10.2 Å². The molecule has 0 bridgehead atoms. The average Bonchev–Trinajstić information content (AvgIpc) is 2.81. The maximum atomic E-state index is 12.1. The fourth-order valence-corrected chi connectivity index (χ4v) is 3.91. The second-order valence-corrected chi connectivity index (χ2v) is 6.61. The van der Waals surface area contributed by atoms with Gasteiger partial charge < -0.3 is 5.11 Å². The number of hydrogen-bond acceptors (Lipinski definition) is 6. The summed E-state index contributed by atoms with van der Waals surface area (Å²) in [5.41, 5.74) is 1.55. The van der Waals surface area contributed by atoms with E-state index in [2.05, 4.69) is 14.9 Å². The molecule has 0 saturated heterocycles. The molecular formula is C9H7Cl2N3O3S2. The van der Waals surface area contributed by atoms with E-state index in [1.807, 2.05) is 0 Å². The molecular weight excluding hydrogens is 333 g/mol. The number of rotatable bonds is 4. The molecule has 19 heavy (non-hydrogen) atoms. The highest BCUT2D eigenvalue weighted by molar-refractivity contribution is 7.93. The van der Waals surface area contributed by atoms with Crippen LogP contribution in [0, 0.1) is 0 Å². The smallest absolute Gasteiger partial charge is 0.265 e. The summed E-state index contributed by atoms with van der Waals surface area (Å²) in [5.74, 6) is 0. The van der Waals surface area contributed by atoms with Gasteiger partial charge in [-0.25, -0.2) is 8.42 Å². The number of aliphatic hydroxyl groups excluding tert-OH is 1. The summed E-state index contributed by atoms with van der Waals surface area (Å²) in [6.45, 7) is -0.458. The summed E-state index contributed by atoms with van der Waals surface area (Å²) in [5, 5.41) is 16.4. The zero-order valence-electron chi connectivity index (χ0n) is 9.17. The van der Waals surface area contributed by atoms with Crippen molar-refractivity contribution in [3.63, 3.8) is 0 Å². The minimum Gasteiger partial charge on any atom is -0.392 e. The Morgan fingerprint density at radius 1 is 1.37 bits per heavy atom. The van der Waals surface area contributed by atoms with E-state index in [9.17, 15) is 8.42 Å². The van der Waals surface area contributed by atoms with Gasteiger partial charge in [-0.3, -0.25) is 4.72 Å². The summed E-state index contributed by atoms with van der Waals surface area (Å²) < 4.78 is 26.5. The van der Waals surface area contributed by atoms with Crippen LogP contribution in [0.2, 0.25) is 10.0 Å². The first-order chi connectivity index (χ1) is 8.95. The molecule has 0 aliphatic carbocycles. The molecule has 6 nitrogen and oxygen atoms in total. The molecule has 1 aromatic carbocycles. The number of aliphatic hydroxyl groups is 1. The van der Waals surface area contributed by atoms with Crippen LogP contribution in [0.3, 0.4) is 0 Å². The molecule has 0 atom stereocenters. The minimum atomic E-state index is -3.91. The molecule has 0 spiro atoms. The summed E-state index contributed by atoms with van der Waals surface area (Å²) in [4.78, 5) is -0.183. The van der Waals surface area contributed by atoms with E-state index in [-0.39, 0.29) is 25.6 Å². The van der Waals surface area contributed by atoms with Crippen LogP contribution in [-0.4, -0.2) is 23.7 Å². The Hall–Kier alpha value is -0.930. The maximum absolute atomic E-state index is 12.1. The molecule has 0 unspecified atom stereocenters. The van der Waals surface area contributed by atoms with Crippen LogP contribution < -0.4 is 4.72 Å². The summed E-state index contributed by atoms with van der Waals surface area (Å²) in [6, 6.07) is 2.61.